The van der Waals surface area contributed by atoms with Crippen molar-refractivity contribution in [1.29, 1.82) is 0 Å². The SMILES string of the molecule is Cc1c(C(CN)N2CCN(C3CCCC3)CC2)ncn1C. The van der Waals surface area contributed by atoms with E-state index >= 15 is 0 Å². The second-order valence-corrected chi connectivity index (χ2v) is 6.59. The van der Waals surface area contributed by atoms with E-state index in [0.29, 0.717) is 6.54 Å². The molecule has 1 aromatic rings. The number of aryl methyl sites for hydroxylation is 1. The first-order valence-electron chi connectivity index (χ1n) is 8.36. The number of hydrogen-bond acceptors (Lipinski definition) is 4. The highest BCUT2D eigenvalue weighted by Crippen LogP contribution is 2.27. The smallest absolute Gasteiger partial charge is 0.0949 e. The Morgan fingerprint density at radius 1 is 1.24 bits per heavy atom. The van der Waals surface area contributed by atoms with Crippen molar-refractivity contribution in [3.63, 3.8) is 0 Å². The van der Waals surface area contributed by atoms with Gasteiger partial charge in [-0.05, 0) is 19.8 Å². The average Bonchev–Trinajstić information content (AvgIpc) is 3.14. The summed E-state index contributed by atoms with van der Waals surface area (Å²) in [5.74, 6) is 0. The van der Waals surface area contributed by atoms with E-state index in [1.54, 1.807) is 0 Å². The molecule has 2 N–H and O–H groups in total. The fraction of sp³-hybridized carbons (Fsp3) is 0.812. The van der Waals surface area contributed by atoms with E-state index in [4.69, 9.17) is 5.73 Å². The van der Waals surface area contributed by atoms with Gasteiger partial charge in [-0.2, -0.15) is 0 Å². The molecule has 0 spiro atoms. The van der Waals surface area contributed by atoms with Crippen molar-refractivity contribution in [2.75, 3.05) is 32.7 Å². The Morgan fingerprint density at radius 3 is 2.43 bits per heavy atom. The number of nitrogens with zero attached hydrogens (tertiary/aromatic N) is 4. The molecule has 3 rings (SSSR count). The summed E-state index contributed by atoms with van der Waals surface area (Å²) < 4.78 is 2.09. The van der Waals surface area contributed by atoms with Crippen LogP contribution in [-0.2, 0) is 7.05 Å². The maximum absolute atomic E-state index is 6.07. The summed E-state index contributed by atoms with van der Waals surface area (Å²) in [6.45, 7) is 7.41. The van der Waals surface area contributed by atoms with Crippen LogP contribution in [0.15, 0.2) is 6.33 Å². The summed E-state index contributed by atoms with van der Waals surface area (Å²) in [5, 5.41) is 0. The van der Waals surface area contributed by atoms with Crippen LogP contribution in [0.25, 0.3) is 0 Å². The predicted molar refractivity (Wildman–Crippen MR) is 85.1 cm³/mol. The second kappa shape index (κ2) is 6.46. The molecule has 1 aliphatic carbocycles. The van der Waals surface area contributed by atoms with Crippen LogP contribution < -0.4 is 5.73 Å². The van der Waals surface area contributed by atoms with E-state index in [2.05, 4.69) is 33.3 Å². The second-order valence-electron chi connectivity index (χ2n) is 6.59. The molecule has 1 aromatic heterocycles. The summed E-state index contributed by atoms with van der Waals surface area (Å²) in [4.78, 5) is 9.81. The highest BCUT2D eigenvalue weighted by molar-refractivity contribution is 5.16. The van der Waals surface area contributed by atoms with Crippen molar-refractivity contribution in [1.82, 2.24) is 19.4 Å². The van der Waals surface area contributed by atoms with Gasteiger partial charge in [-0.15, -0.1) is 0 Å². The van der Waals surface area contributed by atoms with E-state index in [-0.39, 0.29) is 6.04 Å². The summed E-state index contributed by atoms with van der Waals surface area (Å²) in [6, 6.07) is 1.12. The number of imidazole rings is 1. The Morgan fingerprint density at radius 2 is 1.90 bits per heavy atom. The lowest BCUT2D eigenvalue weighted by atomic mass is 10.1. The zero-order valence-corrected chi connectivity index (χ0v) is 13.5. The molecule has 0 aromatic carbocycles. The van der Waals surface area contributed by atoms with Crippen LogP contribution in [0.3, 0.4) is 0 Å². The van der Waals surface area contributed by atoms with Gasteiger partial charge in [-0.25, -0.2) is 4.98 Å². The molecule has 0 radical (unpaired) electrons. The molecule has 1 aliphatic heterocycles. The summed E-state index contributed by atoms with van der Waals surface area (Å²) in [6.07, 6.45) is 7.55. The molecule has 1 unspecified atom stereocenters. The van der Waals surface area contributed by atoms with Gasteiger partial charge >= 0.3 is 0 Å². The van der Waals surface area contributed by atoms with E-state index in [0.717, 1.165) is 24.8 Å². The third kappa shape index (κ3) is 3.00. The third-order valence-corrected chi connectivity index (χ3v) is 5.44. The van der Waals surface area contributed by atoms with E-state index in [1.165, 1.54) is 44.5 Å². The topological polar surface area (TPSA) is 50.3 Å². The standard InChI is InChI=1S/C16H29N5/c1-13-16(18-12-19(13)2)15(11-17)21-9-7-20(8-10-21)14-5-3-4-6-14/h12,14-15H,3-11,17H2,1-2H3. The van der Waals surface area contributed by atoms with Gasteiger partial charge in [0.1, 0.15) is 0 Å². The Labute approximate surface area is 128 Å². The van der Waals surface area contributed by atoms with Crippen molar-refractivity contribution in [2.45, 2.75) is 44.7 Å². The van der Waals surface area contributed by atoms with Gasteiger partial charge in [0.15, 0.2) is 0 Å². The first-order chi connectivity index (χ1) is 10.2. The highest BCUT2D eigenvalue weighted by atomic mass is 15.3. The molecule has 2 aliphatic rings. The third-order valence-electron chi connectivity index (χ3n) is 5.44. The molecular formula is C16H29N5. The van der Waals surface area contributed by atoms with Gasteiger partial charge in [-0.1, -0.05) is 12.8 Å². The van der Waals surface area contributed by atoms with Gasteiger partial charge in [0.25, 0.3) is 0 Å². The number of rotatable bonds is 4. The minimum absolute atomic E-state index is 0.275. The molecule has 5 heteroatoms. The van der Waals surface area contributed by atoms with Crippen LogP contribution in [0.1, 0.15) is 43.1 Å². The normalized spacial score (nSPS) is 23.8. The van der Waals surface area contributed by atoms with Crippen molar-refractivity contribution in [3.8, 4) is 0 Å². The van der Waals surface area contributed by atoms with Gasteiger partial charge < -0.3 is 10.3 Å². The Hall–Kier alpha value is -0.910. The fourth-order valence-corrected chi connectivity index (χ4v) is 3.95. The maximum atomic E-state index is 6.07. The van der Waals surface area contributed by atoms with Crippen LogP contribution >= 0.6 is 0 Å². The Bertz CT molecular complexity index is 455. The minimum atomic E-state index is 0.275. The predicted octanol–water partition coefficient (Wildman–Crippen LogP) is 1.29. The molecular weight excluding hydrogens is 262 g/mol. The quantitative estimate of drug-likeness (QED) is 0.908. The Balaban J connectivity index is 1.63. The first-order valence-corrected chi connectivity index (χ1v) is 8.36. The van der Waals surface area contributed by atoms with Crippen LogP contribution in [0.4, 0.5) is 0 Å². The molecule has 1 atom stereocenters. The number of nitrogens with two attached hydrogens (primary N) is 1. The molecule has 5 nitrogen and oxygen atoms in total. The van der Waals surface area contributed by atoms with Crippen LogP contribution in [0, 0.1) is 6.92 Å². The molecule has 2 fully saturated rings. The van der Waals surface area contributed by atoms with E-state index < -0.39 is 0 Å². The monoisotopic (exact) mass is 291 g/mol. The number of aromatic nitrogens is 2. The molecule has 0 bridgehead atoms. The molecule has 0 amide bonds. The van der Waals surface area contributed by atoms with Crippen LogP contribution in [-0.4, -0.2) is 58.1 Å². The maximum Gasteiger partial charge on any atom is 0.0949 e. The van der Waals surface area contributed by atoms with Crippen molar-refractivity contribution < 1.29 is 0 Å². The van der Waals surface area contributed by atoms with Gasteiger partial charge in [0.2, 0.25) is 0 Å². The summed E-state index contributed by atoms with van der Waals surface area (Å²) in [5.41, 5.74) is 8.47. The lowest BCUT2D eigenvalue weighted by Crippen LogP contribution is -2.51. The zero-order chi connectivity index (χ0) is 14.8. The zero-order valence-electron chi connectivity index (χ0n) is 13.5. The Kier molecular flexibility index (Phi) is 4.62. The lowest BCUT2D eigenvalue weighted by Gasteiger charge is -2.41. The fourth-order valence-electron chi connectivity index (χ4n) is 3.95. The number of hydrogen-bond donors (Lipinski definition) is 1. The lowest BCUT2D eigenvalue weighted by molar-refractivity contribution is 0.0709. The minimum Gasteiger partial charge on any atom is -0.338 e. The molecule has 1 saturated carbocycles. The van der Waals surface area contributed by atoms with Crippen molar-refractivity contribution in [2.24, 2.45) is 12.8 Å². The van der Waals surface area contributed by atoms with Crippen molar-refractivity contribution in [3.05, 3.63) is 17.7 Å². The van der Waals surface area contributed by atoms with Gasteiger partial charge in [0, 0.05) is 51.5 Å². The van der Waals surface area contributed by atoms with E-state index in [9.17, 15) is 0 Å². The largest absolute Gasteiger partial charge is 0.338 e. The molecule has 21 heavy (non-hydrogen) atoms. The number of piperazine rings is 1. The summed E-state index contributed by atoms with van der Waals surface area (Å²) in [7, 11) is 2.05. The molecule has 118 valence electrons. The summed E-state index contributed by atoms with van der Waals surface area (Å²) >= 11 is 0. The van der Waals surface area contributed by atoms with Crippen LogP contribution in [0.5, 0.6) is 0 Å². The van der Waals surface area contributed by atoms with Crippen molar-refractivity contribution >= 4 is 0 Å². The van der Waals surface area contributed by atoms with Crippen LogP contribution in [0.2, 0.25) is 0 Å². The molecule has 1 saturated heterocycles. The first kappa shape index (κ1) is 15.0. The van der Waals surface area contributed by atoms with Gasteiger partial charge in [-0.3, -0.25) is 9.80 Å². The highest BCUT2D eigenvalue weighted by Gasteiger charge is 2.30. The van der Waals surface area contributed by atoms with Gasteiger partial charge in [0.05, 0.1) is 18.1 Å². The molecule has 2 heterocycles. The van der Waals surface area contributed by atoms with E-state index in [1.807, 2.05) is 6.33 Å². The average molecular weight is 291 g/mol.